The highest BCUT2D eigenvalue weighted by Crippen LogP contribution is 2.19. The van der Waals surface area contributed by atoms with E-state index in [-0.39, 0.29) is 11.2 Å². The lowest BCUT2D eigenvalue weighted by molar-refractivity contribution is -0.115. The smallest absolute Gasteiger partial charge is 0.237 e. The average molecular weight is 296 g/mol. The highest BCUT2D eigenvalue weighted by atomic mass is 32.2. The molecule has 0 heterocycles. The highest BCUT2D eigenvalue weighted by Gasteiger charge is 2.13. The Kier molecular flexibility index (Phi) is 5.42. The quantitative estimate of drug-likeness (QED) is 0.912. The first-order valence-electron chi connectivity index (χ1n) is 6.65. The summed E-state index contributed by atoms with van der Waals surface area (Å²) in [5.41, 5.74) is 2.51. The fourth-order valence-corrected chi connectivity index (χ4v) is 2.59. The second-order valence-electron chi connectivity index (χ2n) is 4.62. The number of thioether (sulfide) groups is 1. The average Bonchev–Trinajstić information content (AvgIpc) is 2.54. The van der Waals surface area contributed by atoms with Crippen molar-refractivity contribution in [3.05, 3.63) is 65.7 Å². The molecule has 0 bridgehead atoms. The maximum atomic E-state index is 12.1. The normalized spacial score (nSPS) is 11.4. The molecule has 2 rings (SSSR count). The van der Waals surface area contributed by atoms with Crippen molar-refractivity contribution in [3.8, 4) is 6.07 Å². The summed E-state index contributed by atoms with van der Waals surface area (Å²) in [4.78, 5) is 12.1. The second-order valence-corrected chi connectivity index (χ2v) is 5.95. The lowest BCUT2D eigenvalue weighted by Gasteiger charge is -2.12. The van der Waals surface area contributed by atoms with Crippen molar-refractivity contribution < 1.29 is 4.79 Å². The van der Waals surface area contributed by atoms with Crippen LogP contribution in [0.2, 0.25) is 0 Å². The van der Waals surface area contributed by atoms with Crippen LogP contribution < -0.4 is 5.32 Å². The minimum Gasteiger partial charge on any atom is -0.325 e. The Hall–Kier alpha value is -2.25. The van der Waals surface area contributed by atoms with Gasteiger partial charge >= 0.3 is 0 Å². The molecule has 0 aliphatic heterocycles. The number of benzene rings is 2. The first kappa shape index (κ1) is 15.1. The summed E-state index contributed by atoms with van der Waals surface area (Å²) in [7, 11) is 0. The molecule has 0 spiro atoms. The molecule has 0 saturated heterocycles. The molecule has 0 radical (unpaired) electrons. The van der Waals surface area contributed by atoms with Crippen LogP contribution in [-0.4, -0.2) is 11.2 Å². The number of nitrogens with one attached hydrogen (secondary N) is 1. The van der Waals surface area contributed by atoms with Crippen molar-refractivity contribution in [3.63, 3.8) is 0 Å². The molecule has 2 aromatic carbocycles. The monoisotopic (exact) mass is 296 g/mol. The van der Waals surface area contributed by atoms with Crippen LogP contribution in [-0.2, 0) is 10.5 Å². The number of hydrogen-bond donors (Lipinski definition) is 1. The van der Waals surface area contributed by atoms with E-state index in [1.807, 2.05) is 25.1 Å². The lowest BCUT2D eigenvalue weighted by Crippen LogP contribution is -2.22. The molecule has 3 nitrogen and oxygen atoms in total. The third-order valence-electron chi connectivity index (χ3n) is 2.99. The van der Waals surface area contributed by atoms with E-state index >= 15 is 0 Å². The van der Waals surface area contributed by atoms with E-state index in [9.17, 15) is 4.79 Å². The number of anilines is 1. The second kappa shape index (κ2) is 7.51. The van der Waals surface area contributed by atoms with Gasteiger partial charge in [0.1, 0.15) is 0 Å². The molecule has 2 aromatic rings. The molecule has 21 heavy (non-hydrogen) atoms. The predicted molar refractivity (Wildman–Crippen MR) is 87.0 cm³/mol. The molecule has 0 aromatic heterocycles. The van der Waals surface area contributed by atoms with E-state index < -0.39 is 0 Å². The van der Waals surface area contributed by atoms with Crippen LogP contribution in [0.3, 0.4) is 0 Å². The molecule has 0 aliphatic rings. The van der Waals surface area contributed by atoms with Gasteiger partial charge in [0, 0.05) is 11.4 Å². The Morgan fingerprint density at radius 3 is 2.48 bits per heavy atom. The Bertz CT molecular complexity index is 632. The molecule has 1 unspecified atom stereocenters. The van der Waals surface area contributed by atoms with Crippen molar-refractivity contribution in [1.29, 1.82) is 5.26 Å². The van der Waals surface area contributed by atoms with Crippen molar-refractivity contribution >= 4 is 23.4 Å². The zero-order valence-corrected chi connectivity index (χ0v) is 12.6. The zero-order chi connectivity index (χ0) is 15.1. The van der Waals surface area contributed by atoms with Gasteiger partial charge in [0.25, 0.3) is 0 Å². The fraction of sp³-hybridized carbons (Fsp3) is 0.176. The Balaban J connectivity index is 1.86. The minimum atomic E-state index is -0.138. The van der Waals surface area contributed by atoms with Gasteiger partial charge in [0.2, 0.25) is 5.91 Å². The van der Waals surface area contributed by atoms with Gasteiger partial charge in [-0.25, -0.2) is 0 Å². The van der Waals surface area contributed by atoms with E-state index in [1.54, 1.807) is 36.0 Å². The van der Waals surface area contributed by atoms with E-state index in [2.05, 4.69) is 23.5 Å². The van der Waals surface area contributed by atoms with Crippen LogP contribution in [0.15, 0.2) is 54.6 Å². The summed E-state index contributed by atoms with van der Waals surface area (Å²) in [6.07, 6.45) is 0. The lowest BCUT2D eigenvalue weighted by atomic mass is 10.2. The van der Waals surface area contributed by atoms with Crippen LogP contribution in [0.4, 0.5) is 5.69 Å². The molecule has 0 saturated carbocycles. The molecule has 1 amide bonds. The van der Waals surface area contributed by atoms with Gasteiger partial charge in [-0.3, -0.25) is 4.79 Å². The van der Waals surface area contributed by atoms with E-state index in [0.29, 0.717) is 11.3 Å². The van der Waals surface area contributed by atoms with Crippen LogP contribution in [0.1, 0.15) is 18.1 Å². The van der Waals surface area contributed by atoms with Crippen LogP contribution in [0.5, 0.6) is 0 Å². The predicted octanol–water partition coefficient (Wildman–Crippen LogP) is 3.82. The summed E-state index contributed by atoms with van der Waals surface area (Å²) < 4.78 is 0. The zero-order valence-electron chi connectivity index (χ0n) is 11.7. The molecule has 0 aliphatic carbocycles. The molecule has 106 valence electrons. The number of nitrogens with zero attached hydrogens (tertiary/aromatic N) is 1. The molecule has 1 atom stereocenters. The highest BCUT2D eigenvalue weighted by molar-refractivity contribution is 7.99. The number of rotatable bonds is 5. The fourth-order valence-electron chi connectivity index (χ4n) is 1.74. The number of amides is 1. The van der Waals surface area contributed by atoms with Gasteiger partial charge in [-0.15, -0.1) is 11.8 Å². The van der Waals surface area contributed by atoms with Gasteiger partial charge in [0.05, 0.1) is 16.9 Å². The molecular weight excluding hydrogens is 280 g/mol. The van der Waals surface area contributed by atoms with Gasteiger partial charge < -0.3 is 5.32 Å². The third kappa shape index (κ3) is 4.66. The number of hydrogen-bond acceptors (Lipinski definition) is 3. The molecule has 1 N–H and O–H groups in total. The standard InChI is InChI=1S/C17H16N2OS/c1-13(21-12-15-5-3-2-4-6-15)17(20)19-16-9-7-14(11-18)8-10-16/h2-10,13H,12H2,1H3,(H,19,20). The summed E-state index contributed by atoms with van der Waals surface area (Å²) in [6, 6.07) is 19.0. The summed E-state index contributed by atoms with van der Waals surface area (Å²) in [5.74, 6) is 0.781. The Morgan fingerprint density at radius 2 is 1.86 bits per heavy atom. The summed E-state index contributed by atoms with van der Waals surface area (Å²) in [6.45, 7) is 1.90. The van der Waals surface area contributed by atoms with Crippen LogP contribution in [0, 0.1) is 11.3 Å². The van der Waals surface area contributed by atoms with Crippen molar-refractivity contribution in [2.75, 3.05) is 5.32 Å². The number of nitriles is 1. The first-order chi connectivity index (χ1) is 10.2. The first-order valence-corrected chi connectivity index (χ1v) is 7.70. The third-order valence-corrected chi connectivity index (χ3v) is 4.21. The Morgan fingerprint density at radius 1 is 1.19 bits per heavy atom. The SMILES string of the molecule is CC(SCc1ccccc1)C(=O)Nc1ccc(C#N)cc1. The van der Waals surface area contributed by atoms with Gasteiger partial charge in [-0.2, -0.15) is 5.26 Å². The van der Waals surface area contributed by atoms with Crippen molar-refractivity contribution in [2.24, 2.45) is 0 Å². The van der Waals surface area contributed by atoms with E-state index in [1.165, 1.54) is 5.56 Å². The summed E-state index contributed by atoms with van der Waals surface area (Å²) in [5, 5.41) is 11.5. The maximum Gasteiger partial charge on any atom is 0.237 e. The topological polar surface area (TPSA) is 52.9 Å². The van der Waals surface area contributed by atoms with Gasteiger partial charge in [-0.05, 0) is 36.8 Å². The molecular formula is C17H16N2OS. The van der Waals surface area contributed by atoms with E-state index in [0.717, 1.165) is 5.75 Å². The molecule has 0 fully saturated rings. The largest absolute Gasteiger partial charge is 0.325 e. The van der Waals surface area contributed by atoms with Crippen LogP contribution >= 0.6 is 11.8 Å². The Labute approximate surface area is 129 Å². The van der Waals surface area contributed by atoms with Gasteiger partial charge in [0.15, 0.2) is 0 Å². The van der Waals surface area contributed by atoms with Gasteiger partial charge in [-0.1, -0.05) is 30.3 Å². The van der Waals surface area contributed by atoms with Crippen molar-refractivity contribution in [1.82, 2.24) is 0 Å². The summed E-state index contributed by atoms with van der Waals surface area (Å²) >= 11 is 1.60. The maximum absolute atomic E-state index is 12.1. The number of carbonyl (C=O) groups is 1. The van der Waals surface area contributed by atoms with E-state index in [4.69, 9.17) is 5.26 Å². The van der Waals surface area contributed by atoms with Crippen molar-refractivity contribution in [2.45, 2.75) is 17.9 Å². The molecule has 4 heteroatoms. The number of carbonyl (C=O) groups excluding carboxylic acids is 1. The minimum absolute atomic E-state index is 0.0272. The van der Waals surface area contributed by atoms with Crippen LogP contribution in [0.25, 0.3) is 0 Å².